The summed E-state index contributed by atoms with van der Waals surface area (Å²) in [6.07, 6.45) is -0.298. The van der Waals surface area contributed by atoms with Crippen molar-refractivity contribution < 1.29 is 9.50 Å². The van der Waals surface area contributed by atoms with Crippen molar-refractivity contribution in [1.29, 1.82) is 0 Å². The lowest BCUT2D eigenvalue weighted by Crippen LogP contribution is -2.36. The topological polar surface area (TPSA) is 46.2 Å². The van der Waals surface area contributed by atoms with Crippen LogP contribution >= 0.6 is 11.6 Å². The van der Waals surface area contributed by atoms with Gasteiger partial charge in [-0.3, -0.25) is 0 Å². The van der Waals surface area contributed by atoms with Gasteiger partial charge in [-0.15, -0.1) is 0 Å². The molecule has 1 aromatic carbocycles. The van der Waals surface area contributed by atoms with Gasteiger partial charge < -0.3 is 10.8 Å². The lowest BCUT2D eigenvalue weighted by atomic mass is 9.83. The molecular formula is C13H19ClFNO. The number of rotatable bonds is 3. The number of aliphatic hydroxyl groups is 1. The Hall–Kier alpha value is -0.640. The van der Waals surface area contributed by atoms with E-state index in [1.165, 1.54) is 18.2 Å². The van der Waals surface area contributed by atoms with Crippen LogP contribution in [0.2, 0.25) is 5.02 Å². The highest BCUT2D eigenvalue weighted by Crippen LogP contribution is 2.28. The highest BCUT2D eigenvalue weighted by molar-refractivity contribution is 6.30. The molecule has 96 valence electrons. The second-order valence-electron chi connectivity index (χ2n) is 5.40. The fourth-order valence-corrected chi connectivity index (χ4v) is 1.64. The van der Waals surface area contributed by atoms with Crippen LogP contribution in [0, 0.1) is 11.2 Å². The van der Waals surface area contributed by atoms with Crippen molar-refractivity contribution in [3.63, 3.8) is 0 Å². The molecule has 0 aliphatic carbocycles. The maximum absolute atomic E-state index is 13.0. The minimum Gasteiger partial charge on any atom is -0.388 e. The van der Waals surface area contributed by atoms with Gasteiger partial charge in [0.15, 0.2) is 0 Å². The van der Waals surface area contributed by atoms with Gasteiger partial charge in [-0.2, -0.15) is 0 Å². The highest BCUT2D eigenvalue weighted by Gasteiger charge is 2.24. The number of hydrogen-bond acceptors (Lipinski definition) is 2. The minimum atomic E-state index is -0.720. The standard InChI is InChI=1S/C13H19ClFNO/c1-13(2,3)12(16)7-11(17)8-4-5-10(15)9(14)6-8/h4-6,11-12,17H,7,16H2,1-3H3/t11-,12+/m1/s1. The number of hydrogen-bond donors (Lipinski definition) is 2. The van der Waals surface area contributed by atoms with E-state index in [-0.39, 0.29) is 16.5 Å². The molecule has 0 saturated carbocycles. The molecule has 0 unspecified atom stereocenters. The summed E-state index contributed by atoms with van der Waals surface area (Å²) in [4.78, 5) is 0. The number of nitrogens with two attached hydrogens (primary N) is 1. The number of halogens is 2. The van der Waals surface area contributed by atoms with Crippen molar-refractivity contribution in [3.8, 4) is 0 Å². The van der Waals surface area contributed by atoms with Gasteiger partial charge in [-0.05, 0) is 29.5 Å². The van der Waals surface area contributed by atoms with Gasteiger partial charge in [0.1, 0.15) is 5.82 Å². The highest BCUT2D eigenvalue weighted by atomic mass is 35.5. The molecule has 1 aromatic rings. The van der Waals surface area contributed by atoms with Gasteiger partial charge in [-0.1, -0.05) is 38.4 Å². The molecular weight excluding hydrogens is 241 g/mol. The normalized spacial score (nSPS) is 15.7. The van der Waals surface area contributed by atoms with Crippen LogP contribution in [0.5, 0.6) is 0 Å². The first-order valence-corrected chi connectivity index (χ1v) is 5.98. The van der Waals surface area contributed by atoms with Gasteiger partial charge in [0.05, 0.1) is 11.1 Å². The van der Waals surface area contributed by atoms with E-state index in [9.17, 15) is 9.50 Å². The second kappa shape index (κ2) is 5.34. The summed E-state index contributed by atoms with van der Waals surface area (Å²) >= 11 is 5.67. The van der Waals surface area contributed by atoms with Crippen molar-refractivity contribution in [2.45, 2.75) is 39.3 Å². The van der Waals surface area contributed by atoms with Crippen LogP contribution in [-0.2, 0) is 0 Å². The molecule has 17 heavy (non-hydrogen) atoms. The summed E-state index contributed by atoms with van der Waals surface area (Å²) in [5, 5.41) is 10.0. The minimum absolute atomic E-state index is 0.0193. The van der Waals surface area contributed by atoms with E-state index in [4.69, 9.17) is 17.3 Å². The Morgan fingerprint density at radius 3 is 2.47 bits per heavy atom. The molecule has 0 saturated heterocycles. The lowest BCUT2D eigenvalue weighted by molar-refractivity contribution is 0.133. The zero-order valence-corrected chi connectivity index (χ0v) is 11.1. The quantitative estimate of drug-likeness (QED) is 0.875. The molecule has 0 amide bonds. The van der Waals surface area contributed by atoms with E-state index in [0.29, 0.717) is 12.0 Å². The smallest absolute Gasteiger partial charge is 0.141 e. The summed E-state index contributed by atoms with van der Waals surface area (Å²) in [5.41, 5.74) is 6.50. The average Bonchev–Trinajstić information content (AvgIpc) is 2.20. The predicted octanol–water partition coefficient (Wildman–Crippen LogP) is 3.28. The average molecular weight is 260 g/mol. The second-order valence-corrected chi connectivity index (χ2v) is 5.80. The van der Waals surface area contributed by atoms with Crippen molar-refractivity contribution in [1.82, 2.24) is 0 Å². The van der Waals surface area contributed by atoms with E-state index in [0.717, 1.165) is 0 Å². The molecule has 0 aliphatic rings. The molecule has 3 N–H and O–H groups in total. The monoisotopic (exact) mass is 259 g/mol. The summed E-state index contributed by atoms with van der Waals surface area (Å²) in [6.45, 7) is 6.05. The van der Waals surface area contributed by atoms with E-state index in [2.05, 4.69) is 0 Å². The third-order valence-corrected chi connectivity index (χ3v) is 3.21. The first kappa shape index (κ1) is 14.4. The number of aliphatic hydroxyl groups excluding tert-OH is 1. The molecule has 4 heteroatoms. The largest absolute Gasteiger partial charge is 0.388 e. The Balaban J connectivity index is 2.76. The zero-order valence-electron chi connectivity index (χ0n) is 10.4. The number of benzene rings is 1. The fraction of sp³-hybridized carbons (Fsp3) is 0.538. The van der Waals surface area contributed by atoms with E-state index < -0.39 is 11.9 Å². The van der Waals surface area contributed by atoms with Crippen LogP contribution in [0.3, 0.4) is 0 Å². The summed E-state index contributed by atoms with van der Waals surface area (Å²) in [5.74, 6) is -0.484. The van der Waals surface area contributed by atoms with Crippen LogP contribution in [0.15, 0.2) is 18.2 Å². The third-order valence-electron chi connectivity index (χ3n) is 2.92. The van der Waals surface area contributed by atoms with Crippen molar-refractivity contribution in [2.24, 2.45) is 11.1 Å². The van der Waals surface area contributed by atoms with Crippen LogP contribution in [-0.4, -0.2) is 11.1 Å². The molecule has 0 fully saturated rings. The Labute approximate surface area is 107 Å². The summed E-state index contributed by atoms with van der Waals surface area (Å²) in [7, 11) is 0. The predicted molar refractivity (Wildman–Crippen MR) is 68.4 cm³/mol. The molecule has 0 heterocycles. The Morgan fingerprint density at radius 2 is 2.00 bits per heavy atom. The first-order chi connectivity index (χ1) is 7.71. The van der Waals surface area contributed by atoms with Gasteiger partial charge in [-0.25, -0.2) is 4.39 Å². The van der Waals surface area contributed by atoms with Crippen molar-refractivity contribution in [3.05, 3.63) is 34.6 Å². The van der Waals surface area contributed by atoms with Crippen molar-refractivity contribution in [2.75, 3.05) is 0 Å². The Bertz CT molecular complexity index is 389. The molecule has 0 radical (unpaired) electrons. The van der Waals surface area contributed by atoms with Crippen molar-refractivity contribution >= 4 is 11.6 Å². The lowest BCUT2D eigenvalue weighted by Gasteiger charge is -2.29. The summed E-state index contributed by atoms with van der Waals surface area (Å²) in [6, 6.07) is 4.09. The molecule has 0 spiro atoms. The van der Waals surface area contributed by atoms with Crippen LogP contribution in [0.25, 0.3) is 0 Å². The Kier molecular flexibility index (Phi) is 4.53. The van der Waals surface area contributed by atoms with Crippen LogP contribution in [0.1, 0.15) is 38.9 Å². The fourth-order valence-electron chi connectivity index (χ4n) is 1.45. The molecule has 2 nitrogen and oxygen atoms in total. The molecule has 1 rings (SSSR count). The summed E-state index contributed by atoms with van der Waals surface area (Å²) < 4.78 is 13.0. The molecule has 0 bridgehead atoms. The van der Waals surface area contributed by atoms with E-state index in [1.807, 2.05) is 20.8 Å². The molecule has 2 atom stereocenters. The molecule has 0 aliphatic heterocycles. The Morgan fingerprint density at radius 1 is 1.41 bits per heavy atom. The maximum atomic E-state index is 13.0. The van der Waals surface area contributed by atoms with Gasteiger partial charge in [0.25, 0.3) is 0 Å². The van der Waals surface area contributed by atoms with Gasteiger partial charge >= 0.3 is 0 Å². The molecule has 0 aromatic heterocycles. The first-order valence-electron chi connectivity index (χ1n) is 5.60. The van der Waals surface area contributed by atoms with Crippen LogP contribution in [0.4, 0.5) is 4.39 Å². The SMILES string of the molecule is CC(C)(C)[C@@H](N)C[C@@H](O)c1ccc(F)c(Cl)c1. The van der Waals surface area contributed by atoms with Crippen LogP contribution < -0.4 is 5.73 Å². The van der Waals surface area contributed by atoms with E-state index in [1.54, 1.807) is 0 Å². The zero-order chi connectivity index (χ0) is 13.2. The van der Waals surface area contributed by atoms with Gasteiger partial charge in [0.2, 0.25) is 0 Å². The maximum Gasteiger partial charge on any atom is 0.141 e. The van der Waals surface area contributed by atoms with E-state index >= 15 is 0 Å². The van der Waals surface area contributed by atoms with Gasteiger partial charge in [0, 0.05) is 6.04 Å². The third kappa shape index (κ3) is 3.95.